The van der Waals surface area contributed by atoms with Gasteiger partial charge in [-0.05, 0) is 98.5 Å². The Balaban J connectivity index is 2.26. The third-order valence-corrected chi connectivity index (χ3v) is 6.75. The maximum atomic E-state index is 3.83. The van der Waals surface area contributed by atoms with Gasteiger partial charge in [0.2, 0.25) is 0 Å². The molecule has 31 heavy (non-hydrogen) atoms. The van der Waals surface area contributed by atoms with Crippen molar-refractivity contribution in [2.45, 2.75) is 80.1 Å². The second-order valence-electron chi connectivity index (χ2n) is 11.8. The van der Waals surface area contributed by atoms with Gasteiger partial charge >= 0.3 is 0 Å². The van der Waals surface area contributed by atoms with E-state index in [1.807, 2.05) is 0 Å². The third kappa shape index (κ3) is 3.65. The summed E-state index contributed by atoms with van der Waals surface area (Å²) in [6.07, 6.45) is 8.62. The summed E-state index contributed by atoms with van der Waals surface area (Å²) < 4.78 is 0. The molecule has 161 valence electrons. The van der Waals surface area contributed by atoms with Gasteiger partial charge in [-0.1, -0.05) is 83.9 Å². The summed E-state index contributed by atoms with van der Waals surface area (Å²) in [5.74, 6) is 0.424. The van der Waals surface area contributed by atoms with Crippen LogP contribution in [0.15, 0.2) is 42.0 Å². The Morgan fingerprint density at radius 3 is 2.10 bits per heavy atom. The first-order valence-electron chi connectivity index (χ1n) is 11.6. The smallest absolute Gasteiger partial charge is 0.000175 e. The first kappa shape index (κ1) is 21.9. The van der Waals surface area contributed by atoms with E-state index in [9.17, 15) is 0 Å². The van der Waals surface area contributed by atoms with Crippen molar-refractivity contribution in [1.82, 2.24) is 0 Å². The van der Waals surface area contributed by atoms with Gasteiger partial charge in [-0.2, -0.15) is 0 Å². The van der Waals surface area contributed by atoms with Gasteiger partial charge in [0.25, 0.3) is 0 Å². The SMILES string of the molecule is CC1=CC(C)C(c2c3c(cc(C(C)(C)C)c2=C(C)C)=c2cc(C(C)(C)C)ccc2=[C]3)=C1. The predicted molar refractivity (Wildman–Crippen MR) is 135 cm³/mol. The van der Waals surface area contributed by atoms with Crippen LogP contribution in [-0.2, 0) is 10.8 Å². The van der Waals surface area contributed by atoms with Crippen LogP contribution in [0.5, 0.6) is 0 Å². The Bertz CT molecular complexity index is 1360. The summed E-state index contributed by atoms with van der Waals surface area (Å²) in [5.41, 5.74) is 9.88. The first-order valence-corrected chi connectivity index (χ1v) is 11.6. The van der Waals surface area contributed by atoms with E-state index in [4.69, 9.17) is 0 Å². The maximum Gasteiger partial charge on any atom is 0.000175 e. The fourth-order valence-corrected chi connectivity index (χ4v) is 5.11. The zero-order valence-corrected chi connectivity index (χ0v) is 21.0. The lowest BCUT2D eigenvalue weighted by atomic mass is 9.79. The molecule has 1 unspecified atom stereocenters. The van der Waals surface area contributed by atoms with Crippen LogP contribution in [0.4, 0.5) is 0 Å². The van der Waals surface area contributed by atoms with Gasteiger partial charge in [-0.25, -0.2) is 0 Å². The molecule has 0 N–H and O–H groups in total. The zero-order chi connectivity index (χ0) is 22.9. The Kier molecular flexibility index (Phi) is 5.00. The van der Waals surface area contributed by atoms with Crippen molar-refractivity contribution < 1.29 is 0 Å². The predicted octanol–water partition coefficient (Wildman–Crippen LogP) is 6.76. The van der Waals surface area contributed by atoms with Gasteiger partial charge in [-0.15, -0.1) is 0 Å². The molecular weight excluding hydrogens is 372 g/mol. The molecule has 0 fully saturated rings. The van der Waals surface area contributed by atoms with Crippen LogP contribution >= 0.6 is 0 Å². The largest absolute Gasteiger partial charge is 0.0743 e. The molecular formula is C31H37. The molecule has 0 saturated carbocycles. The third-order valence-electron chi connectivity index (χ3n) is 6.75. The number of hydrogen-bond donors (Lipinski definition) is 0. The topological polar surface area (TPSA) is 0 Å². The lowest BCUT2D eigenvalue weighted by Gasteiger charge is -2.25. The van der Waals surface area contributed by atoms with Gasteiger partial charge < -0.3 is 0 Å². The fraction of sp³-hybridized carbons (Fsp3) is 0.419. The second-order valence-corrected chi connectivity index (χ2v) is 11.8. The molecule has 0 aliphatic heterocycles. The Hall–Kier alpha value is -2.34. The van der Waals surface area contributed by atoms with E-state index in [0.29, 0.717) is 5.92 Å². The quantitative estimate of drug-likeness (QED) is 0.417. The van der Waals surface area contributed by atoms with Crippen molar-refractivity contribution in [3.05, 3.63) is 85.1 Å². The average Bonchev–Trinajstić information content (AvgIpc) is 3.16. The molecule has 1 atom stereocenters. The molecule has 2 aliphatic carbocycles. The minimum atomic E-state index is 0.0612. The maximum absolute atomic E-state index is 3.83. The van der Waals surface area contributed by atoms with Crippen molar-refractivity contribution in [3.63, 3.8) is 0 Å². The van der Waals surface area contributed by atoms with Gasteiger partial charge in [0.1, 0.15) is 0 Å². The summed E-state index contributed by atoms with van der Waals surface area (Å²) in [6.45, 7) is 23.0. The molecule has 0 bridgehead atoms. The number of hydrogen-bond acceptors (Lipinski definition) is 0. The molecule has 0 nitrogen and oxygen atoms in total. The fourth-order valence-electron chi connectivity index (χ4n) is 5.11. The second kappa shape index (κ2) is 7.09. The summed E-state index contributed by atoms with van der Waals surface area (Å²) in [7, 11) is 0. The highest BCUT2D eigenvalue weighted by Gasteiger charge is 2.26. The van der Waals surface area contributed by atoms with E-state index in [1.165, 1.54) is 59.8 Å². The minimum Gasteiger partial charge on any atom is -0.0743 e. The van der Waals surface area contributed by atoms with Crippen molar-refractivity contribution in [2.24, 2.45) is 5.92 Å². The first-order chi connectivity index (χ1) is 14.3. The normalized spacial score (nSPS) is 17.7. The van der Waals surface area contributed by atoms with Gasteiger partial charge in [0.15, 0.2) is 0 Å². The van der Waals surface area contributed by atoms with Gasteiger partial charge in [-0.3, -0.25) is 0 Å². The molecule has 0 heterocycles. The van der Waals surface area contributed by atoms with E-state index in [2.05, 4.69) is 112 Å². The minimum absolute atomic E-state index is 0.0612. The molecule has 0 saturated heterocycles. The van der Waals surface area contributed by atoms with Crippen LogP contribution in [-0.4, -0.2) is 0 Å². The monoisotopic (exact) mass is 409 g/mol. The van der Waals surface area contributed by atoms with Crippen molar-refractivity contribution in [2.75, 3.05) is 0 Å². The molecule has 0 aromatic heterocycles. The van der Waals surface area contributed by atoms with E-state index in [-0.39, 0.29) is 10.8 Å². The number of rotatable bonds is 1. The van der Waals surface area contributed by atoms with E-state index < -0.39 is 0 Å². The molecule has 0 spiro atoms. The zero-order valence-electron chi connectivity index (χ0n) is 21.0. The average molecular weight is 410 g/mol. The summed E-state index contributed by atoms with van der Waals surface area (Å²) in [6, 6.07) is 9.42. The lowest BCUT2D eigenvalue weighted by Crippen LogP contribution is -2.28. The summed E-state index contributed by atoms with van der Waals surface area (Å²) in [5, 5.41) is 5.34. The Morgan fingerprint density at radius 2 is 1.58 bits per heavy atom. The van der Waals surface area contributed by atoms with Crippen LogP contribution in [0.1, 0.15) is 91.5 Å². The van der Waals surface area contributed by atoms with E-state index in [0.717, 1.165) is 0 Å². The van der Waals surface area contributed by atoms with Crippen LogP contribution < -0.4 is 10.4 Å². The van der Waals surface area contributed by atoms with Crippen LogP contribution in [0.3, 0.4) is 0 Å². The molecule has 2 aromatic carbocycles. The number of allylic oxidation sites excluding steroid dienone is 4. The standard InChI is InChI=1S/C31H37/c1-18(2)28-27(31(8,9)10)17-25-24-16-22(30(5,6)7)12-11-21(24)15-26(25)29(28)23-14-19(3)13-20(23)4/h11-14,16-17,20H,1-10H3. The van der Waals surface area contributed by atoms with Crippen LogP contribution in [0.2, 0.25) is 0 Å². The number of fused-ring (bicyclic) bond motifs is 2. The molecule has 0 amide bonds. The molecule has 1 radical (unpaired) electrons. The highest BCUT2D eigenvalue weighted by atomic mass is 14.3. The Morgan fingerprint density at radius 1 is 0.903 bits per heavy atom. The lowest BCUT2D eigenvalue weighted by molar-refractivity contribution is 0.584. The van der Waals surface area contributed by atoms with E-state index in [1.54, 1.807) is 0 Å². The summed E-state index contributed by atoms with van der Waals surface area (Å²) >= 11 is 0. The van der Waals surface area contributed by atoms with Crippen molar-refractivity contribution in [3.8, 4) is 0 Å². The molecule has 4 rings (SSSR count). The molecule has 2 aromatic rings. The van der Waals surface area contributed by atoms with E-state index >= 15 is 0 Å². The van der Waals surface area contributed by atoms with Gasteiger partial charge in [0.05, 0.1) is 0 Å². The highest BCUT2D eigenvalue weighted by molar-refractivity contribution is 5.83. The molecule has 0 heteroatoms. The van der Waals surface area contributed by atoms with Crippen LogP contribution in [0, 0.1) is 16.4 Å². The van der Waals surface area contributed by atoms with Crippen molar-refractivity contribution in [1.29, 1.82) is 0 Å². The Labute approximate surface area is 188 Å². The van der Waals surface area contributed by atoms with Gasteiger partial charge in [0, 0.05) is 5.92 Å². The summed E-state index contributed by atoms with van der Waals surface area (Å²) in [4.78, 5) is 0. The molecule has 2 aliphatic rings. The van der Waals surface area contributed by atoms with Crippen molar-refractivity contribution >= 4 is 17.2 Å². The highest BCUT2D eigenvalue weighted by Crippen LogP contribution is 2.36. The number of benzene rings is 2. The van der Waals surface area contributed by atoms with Crippen LogP contribution in [0.25, 0.3) is 17.2 Å².